The molecule has 0 saturated heterocycles. The topological polar surface area (TPSA) is 0 Å². The molecule has 2 atom stereocenters. The van der Waals surface area contributed by atoms with Gasteiger partial charge in [-0.2, -0.15) is 0 Å². The molecule has 4 aromatic carbocycles. The van der Waals surface area contributed by atoms with Crippen molar-refractivity contribution in [1.29, 1.82) is 0 Å². The van der Waals surface area contributed by atoms with Crippen molar-refractivity contribution < 1.29 is 15.6 Å². The van der Waals surface area contributed by atoms with Crippen molar-refractivity contribution in [3.8, 4) is 22.3 Å². The zero-order valence-electron chi connectivity index (χ0n) is 35.6. The number of halogens is 2. The van der Waals surface area contributed by atoms with E-state index in [1.54, 1.807) is 0 Å². The van der Waals surface area contributed by atoms with Gasteiger partial charge in [0.2, 0.25) is 0 Å². The summed E-state index contributed by atoms with van der Waals surface area (Å²) in [5.41, 5.74) is 22.1. The van der Waals surface area contributed by atoms with Crippen LogP contribution in [0.15, 0.2) is 71.8 Å². The van der Waals surface area contributed by atoms with Crippen LogP contribution in [0.5, 0.6) is 0 Å². The predicted molar refractivity (Wildman–Crippen MR) is 242 cm³/mol. The van der Waals surface area contributed by atoms with Crippen LogP contribution in [-0.4, -0.2) is 5.92 Å². The first-order valence-corrected chi connectivity index (χ1v) is 37.2. The fourth-order valence-corrected chi connectivity index (χ4v) is 42.8. The Kier molecular flexibility index (Phi) is 11.9. The Balaban J connectivity index is 1.60. The van der Waals surface area contributed by atoms with Crippen LogP contribution in [0.2, 0.25) is 13.1 Å². The number of benzene rings is 4. The minimum atomic E-state index is -4.87. The van der Waals surface area contributed by atoms with Gasteiger partial charge < -0.3 is 0 Å². The molecule has 0 aliphatic heterocycles. The summed E-state index contributed by atoms with van der Waals surface area (Å²) in [5.74, 6) is 0.168. The first-order valence-electron chi connectivity index (χ1n) is 20.9. The van der Waals surface area contributed by atoms with E-state index in [0.717, 1.165) is 12.8 Å². The molecule has 0 aromatic heterocycles. The molecule has 0 spiro atoms. The summed E-state index contributed by atoms with van der Waals surface area (Å²) >= 11 is -4.87. The number of hydrogen-bond donors (Lipinski definition) is 0. The number of fused-ring (bicyclic) bond motifs is 2. The van der Waals surface area contributed by atoms with Gasteiger partial charge in [0.25, 0.3) is 0 Å². The minimum absolute atomic E-state index is 0.0735. The summed E-state index contributed by atoms with van der Waals surface area (Å²) in [6.07, 6.45) is 6.95. The van der Waals surface area contributed by atoms with Gasteiger partial charge in [-0.3, -0.25) is 0 Å². The third-order valence-electron chi connectivity index (χ3n) is 13.2. The van der Waals surface area contributed by atoms with Crippen LogP contribution in [-0.2, 0) is 28.4 Å². The van der Waals surface area contributed by atoms with E-state index in [-0.39, 0.29) is 7.25 Å². The van der Waals surface area contributed by atoms with Crippen molar-refractivity contribution in [3.05, 3.63) is 127 Å². The fourth-order valence-electron chi connectivity index (χ4n) is 9.83. The van der Waals surface area contributed by atoms with Crippen molar-refractivity contribution >= 4 is 35.1 Å². The second kappa shape index (κ2) is 15.4. The van der Waals surface area contributed by atoms with E-state index in [0.29, 0.717) is 23.7 Å². The van der Waals surface area contributed by atoms with Crippen LogP contribution < -0.4 is 0 Å². The van der Waals surface area contributed by atoms with Gasteiger partial charge in [0.05, 0.1) is 0 Å². The normalized spacial score (nSPS) is 17.8. The summed E-state index contributed by atoms with van der Waals surface area (Å²) in [7, 11) is 17.5. The standard InChI is InChI=1S/2C24H29.C2H7Si.2ClH.Zr/c2*1-7-18-8-9-19-10-17(6)11-23(19)24(18)22-13-20(15(2)3)12-21(14-22)16(4)5;1-3-2;;;/h2*8-16H,7H2,1-6H3;3H,1-2H3;2*1H;/q;;;;;+2/p-2. The fraction of sp³-hybridized carbons (Fsp3) is 0.440. The van der Waals surface area contributed by atoms with Crippen molar-refractivity contribution in [1.82, 2.24) is 0 Å². The molecular weight excluding hydrogens is 791 g/mol. The molecule has 4 aromatic rings. The Morgan fingerprint density at radius 3 is 1.11 bits per heavy atom. The Morgan fingerprint density at radius 2 is 0.852 bits per heavy atom. The Labute approximate surface area is 337 Å². The molecule has 0 bridgehead atoms. The third kappa shape index (κ3) is 6.90. The Bertz CT molecular complexity index is 1960. The average Bonchev–Trinajstić information content (AvgIpc) is 3.66. The zero-order chi connectivity index (χ0) is 39.6. The molecule has 0 fully saturated rings. The van der Waals surface area contributed by atoms with E-state index in [4.69, 9.17) is 17.0 Å². The van der Waals surface area contributed by atoms with Crippen molar-refractivity contribution in [2.24, 2.45) is 0 Å². The van der Waals surface area contributed by atoms with Crippen molar-refractivity contribution in [2.45, 2.75) is 140 Å². The molecule has 287 valence electrons. The molecule has 0 nitrogen and oxygen atoms in total. The first-order chi connectivity index (χ1) is 25.3. The average molecular weight is 856 g/mol. The molecule has 54 heavy (non-hydrogen) atoms. The number of hydrogen-bond acceptors (Lipinski definition) is 0. The molecular formula is C50H65Cl2SiZr. The Hall–Kier alpha value is -1.96. The second-order valence-corrected chi connectivity index (χ2v) is 60.8. The quantitative estimate of drug-likeness (QED) is 0.132. The third-order valence-corrected chi connectivity index (χ3v) is 65.4. The zero-order valence-corrected chi connectivity index (χ0v) is 40.8. The summed E-state index contributed by atoms with van der Waals surface area (Å²) in [4.78, 5) is 0. The van der Waals surface area contributed by atoms with E-state index >= 15 is 0 Å². The van der Waals surface area contributed by atoms with Gasteiger partial charge in [-0.05, 0) is 0 Å². The van der Waals surface area contributed by atoms with Crippen LogP contribution in [0.4, 0.5) is 0 Å². The van der Waals surface area contributed by atoms with E-state index < -0.39 is 21.5 Å². The van der Waals surface area contributed by atoms with Crippen LogP contribution >= 0.6 is 17.0 Å². The molecule has 6 rings (SSSR count). The Morgan fingerprint density at radius 1 is 0.537 bits per heavy atom. The number of aryl methyl sites for hydroxylation is 2. The molecule has 2 aliphatic carbocycles. The maximum atomic E-state index is 8.75. The van der Waals surface area contributed by atoms with Gasteiger partial charge in [0, 0.05) is 0 Å². The summed E-state index contributed by atoms with van der Waals surface area (Å²) in [5, 5.41) is 0. The van der Waals surface area contributed by atoms with Crippen LogP contribution in [0, 0.1) is 0 Å². The molecule has 2 aliphatic rings. The molecule has 0 amide bonds. The van der Waals surface area contributed by atoms with Gasteiger partial charge in [-0.15, -0.1) is 0 Å². The van der Waals surface area contributed by atoms with Crippen LogP contribution in [0.3, 0.4) is 0 Å². The van der Waals surface area contributed by atoms with Gasteiger partial charge in [-0.25, -0.2) is 0 Å². The van der Waals surface area contributed by atoms with E-state index in [9.17, 15) is 0 Å². The molecule has 4 heteroatoms. The van der Waals surface area contributed by atoms with E-state index in [1.165, 1.54) is 89.0 Å². The number of allylic oxidation sites excluding steroid dienone is 2. The summed E-state index contributed by atoms with van der Waals surface area (Å²) in [6, 6.07) is 24.3. The van der Waals surface area contributed by atoms with E-state index in [1.807, 2.05) is 0 Å². The van der Waals surface area contributed by atoms with E-state index in [2.05, 4.69) is 169 Å². The SMILES string of the molecule is CCc1ccc2c(c1-c1cc(C(C)C)cc(C(C)C)c1)C=C(C)[CH]2[Zr]([Cl])([Cl])([CH]1C(C)=Cc2c1ccc(CC)c2-c1cc(C(C)C)cc(C(C)C)c1)[SiH](C)C. The summed E-state index contributed by atoms with van der Waals surface area (Å²) in [6.45, 7) is 32.7. The number of rotatable bonds is 11. The monoisotopic (exact) mass is 853 g/mol. The molecule has 0 saturated carbocycles. The molecule has 0 heterocycles. The predicted octanol–water partition coefficient (Wildman–Crippen LogP) is 16.2. The van der Waals surface area contributed by atoms with Gasteiger partial charge in [0.15, 0.2) is 0 Å². The van der Waals surface area contributed by atoms with Crippen LogP contribution in [0.1, 0.15) is 170 Å². The maximum absolute atomic E-state index is 8.75. The molecule has 2 unspecified atom stereocenters. The molecule has 0 N–H and O–H groups in total. The van der Waals surface area contributed by atoms with Gasteiger partial charge in [-0.1, -0.05) is 0 Å². The first kappa shape index (κ1) is 41.7. The molecule has 0 radical (unpaired) electrons. The van der Waals surface area contributed by atoms with Gasteiger partial charge in [0.1, 0.15) is 0 Å². The second-order valence-electron chi connectivity index (χ2n) is 18.3. The van der Waals surface area contributed by atoms with Gasteiger partial charge >= 0.3 is 340 Å². The summed E-state index contributed by atoms with van der Waals surface area (Å²) < 4.78 is 0.147. The van der Waals surface area contributed by atoms with Crippen molar-refractivity contribution in [2.75, 3.05) is 0 Å². The van der Waals surface area contributed by atoms with Crippen LogP contribution in [0.25, 0.3) is 34.4 Å². The van der Waals surface area contributed by atoms with Crippen molar-refractivity contribution in [3.63, 3.8) is 0 Å².